The van der Waals surface area contributed by atoms with Gasteiger partial charge < -0.3 is 9.47 Å². The van der Waals surface area contributed by atoms with Crippen molar-refractivity contribution < 1.29 is 14.3 Å². The van der Waals surface area contributed by atoms with Gasteiger partial charge >= 0.3 is 5.97 Å². The Balaban J connectivity index is 1.75. The van der Waals surface area contributed by atoms with E-state index in [2.05, 4.69) is 27.8 Å². The van der Waals surface area contributed by atoms with Gasteiger partial charge in [0.05, 0.1) is 13.0 Å². The summed E-state index contributed by atoms with van der Waals surface area (Å²) >= 11 is 3.39. The number of esters is 1. The number of carbonyl (C=O) groups excluding carboxylic acids is 1. The number of benzene rings is 1. The quantitative estimate of drug-likeness (QED) is 0.771. The van der Waals surface area contributed by atoms with Crippen molar-refractivity contribution in [1.29, 1.82) is 0 Å². The van der Waals surface area contributed by atoms with E-state index < -0.39 is 0 Å². The van der Waals surface area contributed by atoms with Crippen LogP contribution in [0, 0.1) is 11.8 Å². The highest BCUT2D eigenvalue weighted by molar-refractivity contribution is 9.10. The molecule has 0 aliphatic carbocycles. The molecule has 0 amide bonds. The molecule has 1 heterocycles. The third kappa shape index (κ3) is 3.96. The molecule has 0 bridgehead atoms. The highest BCUT2D eigenvalue weighted by Gasteiger charge is 2.35. The molecule has 1 aromatic carbocycles. The number of hydrogen-bond acceptors (Lipinski definition) is 4. The van der Waals surface area contributed by atoms with Gasteiger partial charge in [-0.15, -0.1) is 0 Å². The Morgan fingerprint density at radius 1 is 1.35 bits per heavy atom. The normalized spacial score (nSPS) is 22.8. The predicted molar refractivity (Wildman–Crippen MR) is 80.7 cm³/mol. The largest absolute Gasteiger partial charge is 0.492 e. The van der Waals surface area contributed by atoms with Gasteiger partial charge in [0.2, 0.25) is 0 Å². The molecule has 20 heavy (non-hydrogen) atoms. The van der Waals surface area contributed by atoms with E-state index in [4.69, 9.17) is 9.47 Å². The zero-order valence-corrected chi connectivity index (χ0v) is 13.4. The van der Waals surface area contributed by atoms with Crippen LogP contribution in [0.5, 0.6) is 5.75 Å². The molecule has 2 unspecified atom stereocenters. The Labute approximate surface area is 128 Å². The van der Waals surface area contributed by atoms with Crippen molar-refractivity contribution in [2.45, 2.75) is 6.92 Å². The molecule has 1 aliphatic heterocycles. The Morgan fingerprint density at radius 3 is 2.70 bits per heavy atom. The molecule has 1 fully saturated rings. The van der Waals surface area contributed by atoms with Crippen molar-refractivity contribution in [2.75, 3.05) is 33.4 Å². The van der Waals surface area contributed by atoms with Crippen LogP contribution in [0.1, 0.15) is 6.92 Å². The third-order valence-electron chi connectivity index (χ3n) is 3.68. The number of nitrogens with zero attached hydrogens (tertiary/aromatic N) is 1. The van der Waals surface area contributed by atoms with Crippen LogP contribution >= 0.6 is 15.9 Å². The van der Waals surface area contributed by atoms with Gasteiger partial charge in [-0.2, -0.15) is 0 Å². The first kappa shape index (κ1) is 15.3. The van der Waals surface area contributed by atoms with E-state index in [0.717, 1.165) is 29.9 Å². The summed E-state index contributed by atoms with van der Waals surface area (Å²) in [6.07, 6.45) is 0. The summed E-state index contributed by atoms with van der Waals surface area (Å²) in [6, 6.07) is 7.79. The highest BCUT2D eigenvalue weighted by Crippen LogP contribution is 2.24. The molecule has 2 atom stereocenters. The average molecular weight is 342 g/mol. The van der Waals surface area contributed by atoms with Crippen molar-refractivity contribution in [2.24, 2.45) is 11.8 Å². The first-order chi connectivity index (χ1) is 9.60. The number of hydrogen-bond donors (Lipinski definition) is 0. The molecule has 4 nitrogen and oxygen atoms in total. The van der Waals surface area contributed by atoms with Crippen molar-refractivity contribution in [3.05, 3.63) is 28.7 Å². The molecular weight excluding hydrogens is 322 g/mol. The smallest absolute Gasteiger partial charge is 0.310 e. The Hall–Kier alpha value is -1.07. The zero-order valence-electron chi connectivity index (χ0n) is 11.8. The molecule has 5 heteroatoms. The molecule has 2 rings (SSSR count). The van der Waals surface area contributed by atoms with Crippen molar-refractivity contribution in [1.82, 2.24) is 4.90 Å². The lowest BCUT2D eigenvalue weighted by Gasteiger charge is -2.15. The molecule has 0 radical (unpaired) electrons. The van der Waals surface area contributed by atoms with Crippen molar-refractivity contribution >= 4 is 21.9 Å². The van der Waals surface area contributed by atoms with Gasteiger partial charge in [-0.1, -0.05) is 22.9 Å². The molecule has 1 aliphatic rings. The number of rotatable bonds is 5. The number of ether oxygens (including phenoxy) is 2. The molecule has 1 aromatic rings. The average Bonchev–Trinajstić information content (AvgIpc) is 2.81. The van der Waals surface area contributed by atoms with Gasteiger partial charge in [0.1, 0.15) is 12.4 Å². The lowest BCUT2D eigenvalue weighted by atomic mass is 9.99. The monoisotopic (exact) mass is 341 g/mol. The van der Waals surface area contributed by atoms with Gasteiger partial charge in [0.15, 0.2) is 0 Å². The minimum absolute atomic E-state index is 0.00678. The highest BCUT2D eigenvalue weighted by atomic mass is 79.9. The van der Waals surface area contributed by atoms with Crippen molar-refractivity contribution in [3.8, 4) is 5.75 Å². The minimum atomic E-state index is -0.103. The van der Waals surface area contributed by atoms with Gasteiger partial charge in [0, 0.05) is 24.1 Å². The van der Waals surface area contributed by atoms with E-state index in [1.165, 1.54) is 7.11 Å². The van der Waals surface area contributed by atoms with Gasteiger partial charge in [-0.3, -0.25) is 9.69 Å². The van der Waals surface area contributed by atoms with Crippen LogP contribution in [0.2, 0.25) is 0 Å². The summed E-state index contributed by atoms with van der Waals surface area (Å²) in [4.78, 5) is 13.9. The summed E-state index contributed by atoms with van der Waals surface area (Å²) in [5.74, 6) is 1.10. The topological polar surface area (TPSA) is 38.8 Å². The Bertz CT molecular complexity index is 449. The van der Waals surface area contributed by atoms with Crippen molar-refractivity contribution in [3.63, 3.8) is 0 Å². The van der Waals surface area contributed by atoms with E-state index in [1.54, 1.807) is 0 Å². The maximum Gasteiger partial charge on any atom is 0.310 e. The lowest BCUT2D eigenvalue weighted by molar-refractivity contribution is -0.146. The first-order valence-corrected chi connectivity index (χ1v) is 7.58. The van der Waals surface area contributed by atoms with Crippen LogP contribution in [-0.4, -0.2) is 44.2 Å². The molecule has 110 valence electrons. The van der Waals surface area contributed by atoms with Crippen LogP contribution in [0.15, 0.2) is 28.7 Å². The summed E-state index contributed by atoms with van der Waals surface area (Å²) in [6.45, 7) is 5.23. The molecule has 0 saturated carbocycles. The van der Waals surface area contributed by atoms with Crippen LogP contribution < -0.4 is 4.74 Å². The molecular formula is C15H20BrNO3. The fourth-order valence-corrected chi connectivity index (χ4v) is 2.80. The second kappa shape index (κ2) is 7.09. The van der Waals surface area contributed by atoms with E-state index in [1.807, 2.05) is 24.3 Å². The fraction of sp³-hybridized carbons (Fsp3) is 0.533. The van der Waals surface area contributed by atoms with Crippen LogP contribution in [0.4, 0.5) is 0 Å². The van der Waals surface area contributed by atoms with E-state index in [-0.39, 0.29) is 11.9 Å². The molecule has 0 aromatic heterocycles. The SMILES string of the molecule is COC(=O)C1CN(CCOc2ccc(Br)cc2)CC1C. The van der Waals surface area contributed by atoms with Gasteiger partial charge in [0.25, 0.3) is 0 Å². The lowest BCUT2D eigenvalue weighted by Crippen LogP contribution is -2.28. The maximum atomic E-state index is 11.6. The Kier molecular flexibility index (Phi) is 5.43. The summed E-state index contributed by atoms with van der Waals surface area (Å²) < 4.78 is 11.6. The first-order valence-electron chi connectivity index (χ1n) is 6.78. The maximum absolute atomic E-state index is 11.6. The zero-order chi connectivity index (χ0) is 14.5. The second-order valence-electron chi connectivity index (χ2n) is 5.17. The third-order valence-corrected chi connectivity index (χ3v) is 4.21. The second-order valence-corrected chi connectivity index (χ2v) is 6.08. The van der Waals surface area contributed by atoms with Crippen LogP contribution in [-0.2, 0) is 9.53 Å². The summed E-state index contributed by atoms with van der Waals surface area (Å²) in [5, 5.41) is 0. The van der Waals surface area contributed by atoms with Gasteiger partial charge in [-0.05, 0) is 30.2 Å². The van der Waals surface area contributed by atoms with E-state index in [0.29, 0.717) is 12.5 Å². The molecule has 0 N–H and O–H groups in total. The fourth-order valence-electron chi connectivity index (χ4n) is 2.53. The number of likely N-dealkylation sites (tertiary alicyclic amines) is 1. The minimum Gasteiger partial charge on any atom is -0.492 e. The van der Waals surface area contributed by atoms with E-state index in [9.17, 15) is 4.79 Å². The Morgan fingerprint density at radius 2 is 2.05 bits per heavy atom. The van der Waals surface area contributed by atoms with Gasteiger partial charge in [-0.25, -0.2) is 0 Å². The number of methoxy groups -OCH3 is 1. The molecule has 1 saturated heterocycles. The summed E-state index contributed by atoms with van der Waals surface area (Å²) in [5.41, 5.74) is 0. The van der Waals surface area contributed by atoms with Crippen LogP contribution in [0.25, 0.3) is 0 Å². The standard InChI is InChI=1S/C15H20BrNO3/c1-11-9-17(10-14(11)15(18)19-2)7-8-20-13-5-3-12(16)4-6-13/h3-6,11,14H,7-10H2,1-2H3. The number of carbonyl (C=O) groups is 1. The summed E-state index contributed by atoms with van der Waals surface area (Å²) in [7, 11) is 1.45. The predicted octanol–water partition coefficient (Wildman–Crippen LogP) is 2.57. The van der Waals surface area contributed by atoms with E-state index >= 15 is 0 Å². The molecule has 0 spiro atoms. The van der Waals surface area contributed by atoms with Crippen LogP contribution in [0.3, 0.4) is 0 Å². The number of halogens is 1.